The average molecular weight is 888 g/mol. The zero-order chi connectivity index (χ0) is 44.6. The van der Waals surface area contributed by atoms with Crippen molar-refractivity contribution < 1.29 is 37.1 Å². The van der Waals surface area contributed by atoms with Crippen molar-refractivity contribution in [2.24, 2.45) is 17.3 Å². The largest absolute Gasteiger partial charge is 0.460 e. The van der Waals surface area contributed by atoms with Crippen LogP contribution in [0.3, 0.4) is 0 Å². The summed E-state index contributed by atoms with van der Waals surface area (Å²) in [5.74, 6) is -3.10. The van der Waals surface area contributed by atoms with Gasteiger partial charge in [0.1, 0.15) is 22.2 Å². The molecule has 5 atom stereocenters. The number of nitrogens with zero attached hydrogens (tertiary/aromatic N) is 6. The number of benzene rings is 1. The predicted molar refractivity (Wildman–Crippen MR) is 236 cm³/mol. The Bertz CT molecular complexity index is 2460. The van der Waals surface area contributed by atoms with Gasteiger partial charge in [0.2, 0.25) is 11.8 Å². The maximum atomic E-state index is 14.8. The van der Waals surface area contributed by atoms with Crippen molar-refractivity contribution in [3.63, 3.8) is 0 Å². The first-order chi connectivity index (χ1) is 29.4. The van der Waals surface area contributed by atoms with Gasteiger partial charge in [-0.05, 0) is 90.5 Å². The van der Waals surface area contributed by atoms with E-state index >= 15 is 0 Å². The Labute approximate surface area is 367 Å². The highest BCUT2D eigenvalue weighted by molar-refractivity contribution is 7.87. The molecule has 7 rings (SSSR count). The summed E-state index contributed by atoms with van der Waals surface area (Å²) in [6, 6.07) is 8.96. The molecule has 2 aliphatic heterocycles. The molecule has 1 saturated carbocycles. The van der Waals surface area contributed by atoms with E-state index in [4.69, 9.17) is 19.4 Å². The quantitative estimate of drug-likeness (QED) is 0.129. The monoisotopic (exact) mass is 887 g/mol. The fourth-order valence-electron chi connectivity index (χ4n) is 8.57. The summed E-state index contributed by atoms with van der Waals surface area (Å²) in [5, 5.41) is 2.78. The molecule has 17 heteroatoms. The molecule has 1 aromatic carbocycles. The first-order valence-corrected chi connectivity index (χ1v) is 23.7. The number of thiazole rings is 1. The first-order valence-electron chi connectivity index (χ1n) is 21.4. The number of ether oxygens (including phenoxy) is 2. The van der Waals surface area contributed by atoms with Crippen LogP contribution in [0.5, 0.6) is 6.01 Å². The number of carbonyl (C=O) groups excluding carboxylic acids is 4. The SMILES string of the molecule is CC(C)n1c(O[C@@H]2C[C@H]3C(=O)C[C@]4(C(=O)NS(=O)(=O)N(C)C)C[C@@H]4/C=C\CCCCC[C@H](CC(=O)OC(C)(C)C)C(=O)N3C2)nc2c(-c3nc(-c4ccncc4)cs3)cccc21. The summed E-state index contributed by atoms with van der Waals surface area (Å²) in [7, 11) is -1.50. The lowest BCUT2D eigenvalue weighted by Gasteiger charge is -2.29. The minimum absolute atomic E-state index is 0.0352. The number of imidazole rings is 1. The number of pyridine rings is 1. The zero-order valence-corrected chi connectivity index (χ0v) is 38.1. The van der Waals surface area contributed by atoms with E-state index < -0.39 is 51.2 Å². The fraction of sp³-hybridized carbons (Fsp3) is 0.533. The van der Waals surface area contributed by atoms with Gasteiger partial charge < -0.3 is 14.4 Å². The lowest BCUT2D eigenvalue weighted by molar-refractivity contribution is -0.159. The lowest BCUT2D eigenvalue weighted by Crippen LogP contribution is -2.47. The molecule has 5 heterocycles. The van der Waals surface area contributed by atoms with E-state index in [1.54, 1.807) is 33.2 Å². The molecule has 3 aromatic heterocycles. The zero-order valence-electron chi connectivity index (χ0n) is 36.5. The summed E-state index contributed by atoms with van der Waals surface area (Å²) in [6.45, 7) is 9.42. The number of amides is 2. The van der Waals surface area contributed by atoms with Crippen LogP contribution in [0.2, 0.25) is 0 Å². The molecule has 15 nitrogen and oxygen atoms in total. The molecule has 2 fully saturated rings. The summed E-state index contributed by atoms with van der Waals surface area (Å²) in [6.07, 6.45) is 10.1. The Hall–Kier alpha value is -5.00. The van der Waals surface area contributed by atoms with Crippen LogP contribution >= 0.6 is 11.3 Å². The van der Waals surface area contributed by atoms with Crippen molar-refractivity contribution in [3.05, 3.63) is 60.3 Å². The van der Waals surface area contributed by atoms with Gasteiger partial charge in [-0.15, -0.1) is 11.3 Å². The van der Waals surface area contributed by atoms with Crippen LogP contribution in [0.25, 0.3) is 32.9 Å². The van der Waals surface area contributed by atoms with Gasteiger partial charge in [0.25, 0.3) is 6.01 Å². The number of nitrogens with one attached hydrogen (secondary N) is 1. The lowest BCUT2D eigenvalue weighted by atomic mass is 9.90. The molecule has 332 valence electrons. The minimum Gasteiger partial charge on any atom is -0.460 e. The Morgan fingerprint density at radius 2 is 1.82 bits per heavy atom. The standard InChI is InChI=1S/C45H57N7O8S2/c1-28(2)52-35-17-13-16-33(40-47-34(27-61-40)29-18-20-46-21-19-29)39(35)48-43(52)59-32-23-36-37(53)25-45(42(56)49-62(57,58)50(6)7)24-31(45)15-12-10-8-9-11-14-30(41(55)51(36)26-32)22-38(54)60-44(3,4)5/h12-13,15-21,27-28,30-32,36H,8-11,14,22-26H2,1-7H3,(H,49,56)/b15-12-/t30-,31+,32-,36+,45-/m1/s1. The highest BCUT2D eigenvalue weighted by atomic mass is 32.2. The number of hydrogen-bond donors (Lipinski definition) is 1. The molecule has 0 bridgehead atoms. The normalized spacial score (nSPS) is 24.3. The van der Waals surface area contributed by atoms with Crippen molar-refractivity contribution in [2.75, 3.05) is 20.6 Å². The molecule has 2 amide bonds. The number of hydrogen-bond acceptors (Lipinski definition) is 12. The smallest absolute Gasteiger partial charge is 0.307 e. The van der Waals surface area contributed by atoms with Gasteiger partial charge >= 0.3 is 16.2 Å². The molecule has 62 heavy (non-hydrogen) atoms. The van der Waals surface area contributed by atoms with E-state index in [0.29, 0.717) is 24.4 Å². The average Bonchev–Trinajstić information content (AvgIpc) is 3.56. The number of fused-ring (bicyclic) bond motifs is 3. The molecule has 0 unspecified atom stereocenters. The first kappa shape index (κ1) is 45.0. The third-order valence-electron chi connectivity index (χ3n) is 11.9. The Kier molecular flexibility index (Phi) is 13.1. The topological polar surface area (TPSA) is 183 Å². The highest BCUT2D eigenvalue weighted by Crippen LogP contribution is 2.57. The second-order valence-electron chi connectivity index (χ2n) is 18.2. The van der Waals surface area contributed by atoms with Crippen LogP contribution in [-0.4, -0.2) is 99.1 Å². The van der Waals surface area contributed by atoms with E-state index in [0.717, 1.165) is 50.9 Å². The Morgan fingerprint density at radius 3 is 2.53 bits per heavy atom. The maximum Gasteiger partial charge on any atom is 0.307 e. The number of para-hydroxylation sites is 1. The molecule has 1 aliphatic carbocycles. The molecule has 3 aliphatic rings. The minimum atomic E-state index is -4.14. The van der Waals surface area contributed by atoms with Crippen molar-refractivity contribution in [3.8, 4) is 27.8 Å². The molecular weight excluding hydrogens is 831 g/mol. The fourth-order valence-corrected chi connectivity index (χ4v) is 10.0. The molecule has 0 spiro atoms. The van der Waals surface area contributed by atoms with Crippen LogP contribution in [0, 0.1) is 17.3 Å². The molecule has 4 aromatic rings. The van der Waals surface area contributed by atoms with Gasteiger partial charge in [0.05, 0.1) is 35.6 Å². The second-order valence-corrected chi connectivity index (χ2v) is 20.9. The van der Waals surface area contributed by atoms with Gasteiger partial charge in [-0.2, -0.15) is 17.7 Å². The Morgan fingerprint density at radius 1 is 1.06 bits per heavy atom. The van der Waals surface area contributed by atoms with Crippen molar-refractivity contribution in [1.82, 2.24) is 33.4 Å². The summed E-state index contributed by atoms with van der Waals surface area (Å²) >= 11 is 1.51. The Balaban J connectivity index is 1.23. The van der Waals surface area contributed by atoms with E-state index in [1.165, 1.54) is 30.3 Å². The van der Waals surface area contributed by atoms with Crippen LogP contribution in [0.15, 0.2) is 60.3 Å². The number of aromatic nitrogens is 4. The molecule has 0 radical (unpaired) electrons. The molecular formula is C45H57N7O8S2. The predicted octanol–water partition coefficient (Wildman–Crippen LogP) is 6.91. The summed E-state index contributed by atoms with van der Waals surface area (Å²) < 4.78 is 43.2. The summed E-state index contributed by atoms with van der Waals surface area (Å²) in [5.41, 5.74) is 2.07. The van der Waals surface area contributed by atoms with E-state index in [2.05, 4.69) is 9.71 Å². The van der Waals surface area contributed by atoms with Crippen molar-refractivity contribution in [2.45, 2.75) is 116 Å². The van der Waals surface area contributed by atoms with Crippen LogP contribution in [0.1, 0.15) is 98.4 Å². The van der Waals surface area contributed by atoms with Crippen LogP contribution in [0.4, 0.5) is 0 Å². The summed E-state index contributed by atoms with van der Waals surface area (Å²) in [4.78, 5) is 72.3. The number of carbonyl (C=O) groups is 4. The number of esters is 1. The van der Waals surface area contributed by atoms with E-state index in [-0.39, 0.29) is 55.9 Å². The van der Waals surface area contributed by atoms with Crippen LogP contribution in [-0.2, 0) is 34.1 Å². The van der Waals surface area contributed by atoms with Gasteiger partial charge in [0.15, 0.2) is 5.78 Å². The molecule has 1 N–H and O–H groups in total. The van der Waals surface area contributed by atoms with Crippen molar-refractivity contribution in [1.29, 1.82) is 0 Å². The number of ketones is 1. The third kappa shape index (κ3) is 9.79. The third-order valence-corrected chi connectivity index (χ3v) is 14.1. The number of Topliss-reactive ketones (excluding diaryl/α,β-unsaturated/α-hetero) is 1. The highest BCUT2D eigenvalue weighted by Gasteiger charge is 2.61. The van der Waals surface area contributed by atoms with Crippen molar-refractivity contribution >= 4 is 56.1 Å². The van der Waals surface area contributed by atoms with Crippen LogP contribution < -0.4 is 9.46 Å². The van der Waals surface area contributed by atoms with Gasteiger partial charge in [-0.1, -0.05) is 31.1 Å². The number of allylic oxidation sites excluding steroid dienone is 2. The van der Waals surface area contributed by atoms with Gasteiger partial charge in [-0.25, -0.2) is 9.71 Å². The van der Waals surface area contributed by atoms with Gasteiger partial charge in [0, 0.05) is 67.8 Å². The van der Waals surface area contributed by atoms with E-state index in [1.807, 2.05) is 66.3 Å². The van der Waals surface area contributed by atoms with Gasteiger partial charge in [-0.3, -0.25) is 28.7 Å². The van der Waals surface area contributed by atoms with E-state index in [9.17, 15) is 27.6 Å². The number of rotatable bonds is 10. The second kappa shape index (κ2) is 18.0. The molecule has 1 saturated heterocycles. The maximum absolute atomic E-state index is 14.8.